The Morgan fingerprint density at radius 3 is 2.34 bits per heavy atom. The van der Waals surface area contributed by atoms with Gasteiger partial charge in [0, 0.05) is 35.1 Å². The number of nitrogens with zero attached hydrogens (tertiary/aromatic N) is 2. The zero-order valence-corrected chi connectivity index (χ0v) is 22.0. The number of hydrogen-bond acceptors (Lipinski definition) is 3. The molecule has 2 aliphatic heterocycles. The van der Waals surface area contributed by atoms with Gasteiger partial charge in [-0.1, -0.05) is 84.4 Å². The monoisotopic (exact) mass is 520 g/mol. The molecule has 1 aromatic heterocycles. The zero-order valence-electron chi connectivity index (χ0n) is 21.2. The number of benzene rings is 4. The fraction of sp³-hybridized carbons (Fsp3) is 0.188. The topological polar surface area (TPSA) is 51.5 Å². The van der Waals surface area contributed by atoms with Crippen molar-refractivity contribution in [1.29, 1.82) is 0 Å². The standard InChI is InChI=1S/C32H28N2O3S/c1-23-15-17-26(18-16-23)38(35,36)33-21-29-31(32(22-33)19-25-11-5-8-14-30(25)37-32)27-12-6-7-13-28(27)34(29)20-24-9-3-2-4-10-24/h2-18H,19-22H2,1H3/t32-/m1/s1. The van der Waals surface area contributed by atoms with Gasteiger partial charge in [0.2, 0.25) is 10.0 Å². The zero-order chi connectivity index (χ0) is 25.9. The molecule has 0 saturated carbocycles. The lowest BCUT2D eigenvalue weighted by Crippen LogP contribution is -2.50. The maximum Gasteiger partial charge on any atom is 0.243 e. The molecule has 38 heavy (non-hydrogen) atoms. The molecule has 0 fully saturated rings. The van der Waals surface area contributed by atoms with Crippen LogP contribution in [-0.2, 0) is 35.1 Å². The first-order chi connectivity index (χ1) is 18.4. The van der Waals surface area contributed by atoms with Crippen LogP contribution in [-0.4, -0.2) is 23.8 Å². The minimum atomic E-state index is -3.76. The predicted octanol–water partition coefficient (Wildman–Crippen LogP) is 6.03. The molecule has 4 aromatic carbocycles. The summed E-state index contributed by atoms with van der Waals surface area (Å²) in [7, 11) is -3.76. The van der Waals surface area contributed by atoms with Gasteiger partial charge < -0.3 is 9.30 Å². The summed E-state index contributed by atoms with van der Waals surface area (Å²) in [5, 5.41) is 1.12. The van der Waals surface area contributed by atoms with Crippen molar-refractivity contribution < 1.29 is 13.2 Å². The molecule has 7 rings (SSSR count). The average molecular weight is 521 g/mol. The summed E-state index contributed by atoms with van der Waals surface area (Å²) < 4.78 is 38.8. The van der Waals surface area contributed by atoms with Crippen molar-refractivity contribution in [3.05, 3.63) is 131 Å². The van der Waals surface area contributed by atoms with Crippen LogP contribution in [0.1, 0.15) is 27.9 Å². The molecule has 190 valence electrons. The van der Waals surface area contributed by atoms with Gasteiger partial charge in [-0.05, 0) is 42.3 Å². The van der Waals surface area contributed by atoms with Crippen LogP contribution in [0.15, 0.2) is 108 Å². The van der Waals surface area contributed by atoms with Gasteiger partial charge in [-0.15, -0.1) is 0 Å². The molecule has 0 radical (unpaired) electrons. The van der Waals surface area contributed by atoms with Gasteiger partial charge >= 0.3 is 0 Å². The number of ether oxygens (including phenoxy) is 1. The molecule has 6 heteroatoms. The van der Waals surface area contributed by atoms with Crippen LogP contribution in [0.5, 0.6) is 5.75 Å². The molecule has 0 unspecified atom stereocenters. The molecule has 1 spiro atoms. The van der Waals surface area contributed by atoms with E-state index in [4.69, 9.17) is 4.74 Å². The van der Waals surface area contributed by atoms with Crippen LogP contribution in [0.2, 0.25) is 0 Å². The lowest BCUT2D eigenvalue weighted by atomic mass is 9.84. The van der Waals surface area contributed by atoms with Gasteiger partial charge in [-0.2, -0.15) is 4.31 Å². The first-order valence-corrected chi connectivity index (χ1v) is 14.4. The Morgan fingerprint density at radius 2 is 1.55 bits per heavy atom. The van der Waals surface area contributed by atoms with Crippen molar-refractivity contribution in [1.82, 2.24) is 8.87 Å². The number of aryl methyl sites for hydroxylation is 1. The average Bonchev–Trinajstić information content (AvgIpc) is 3.45. The SMILES string of the molecule is Cc1ccc(S(=O)(=O)N2Cc3c(c4ccccc4n3Cc3ccccc3)[C@@]3(Cc4ccccc4O3)C2)cc1. The number of sulfonamides is 1. The third-order valence-corrected chi connectivity index (χ3v) is 9.69. The third-order valence-electron chi connectivity index (χ3n) is 7.89. The van der Waals surface area contributed by atoms with Crippen LogP contribution in [0.3, 0.4) is 0 Å². The van der Waals surface area contributed by atoms with Crippen LogP contribution < -0.4 is 4.74 Å². The number of para-hydroxylation sites is 2. The van der Waals surface area contributed by atoms with Crippen LogP contribution in [0.25, 0.3) is 10.9 Å². The first kappa shape index (κ1) is 23.3. The molecule has 0 saturated heterocycles. The molecule has 0 aliphatic carbocycles. The van der Waals surface area contributed by atoms with E-state index in [1.54, 1.807) is 16.4 Å². The molecule has 0 amide bonds. The Labute approximate surface area is 223 Å². The van der Waals surface area contributed by atoms with E-state index in [9.17, 15) is 8.42 Å². The largest absolute Gasteiger partial charge is 0.480 e. The Balaban J connectivity index is 1.45. The maximum atomic E-state index is 14.1. The lowest BCUT2D eigenvalue weighted by Gasteiger charge is -2.40. The van der Waals surface area contributed by atoms with Crippen molar-refractivity contribution in [3.8, 4) is 5.75 Å². The molecule has 3 heterocycles. The summed E-state index contributed by atoms with van der Waals surface area (Å²) in [5.74, 6) is 0.827. The fourth-order valence-electron chi connectivity index (χ4n) is 6.12. The second-order valence-corrected chi connectivity index (χ2v) is 12.3. The van der Waals surface area contributed by atoms with Crippen LogP contribution in [0.4, 0.5) is 0 Å². The fourth-order valence-corrected chi connectivity index (χ4v) is 7.57. The van der Waals surface area contributed by atoms with Gasteiger partial charge in [0.1, 0.15) is 5.75 Å². The number of hydrogen-bond donors (Lipinski definition) is 0. The Morgan fingerprint density at radius 1 is 0.842 bits per heavy atom. The van der Waals surface area contributed by atoms with Crippen LogP contribution >= 0.6 is 0 Å². The molecular formula is C32H28N2O3S. The van der Waals surface area contributed by atoms with Gasteiger partial charge in [-0.25, -0.2) is 8.42 Å². The number of fused-ring (bicyclic) bond motifs is 5. The summed E-state index contributed by atoms with van der Waals surface area (Å²) in [6, 6.07) is 33.9. The highest BCUT2D eigenvalue weighted by Gasteiger charge is 2.51. The smallest absolute Gasteiger partial charge is 0.243 e. The quantitative estimate of drug-likeness (QED) is 0.291. The van der Waals surface area contributed by atoms with E-state index < -0.39 is 15.6 Å². The van der Waals surface area contributed by atoms with Crippen molar-refractivity contribution in [2.24, 2.45) is 0 Å². The van der Waals surface area contributed by atoms with E-state index in [1.165, 1.54) is 5.56 Å². The highest BCUT2D eigenvalue weighted by molar-refractivity contribution is 7.89. The lowest BCUT2D eigenvalue weighted by molar-refractivity contribution is 0.0551. The van der Waals surface area contributed by atoms with E-state index in [1.807, 2.05) is 61.5 Å². The minimum absolute atomic E-state index is 0.254. The Hall–Kier alpha value is -3.87. The predicted molar refractivity (Wildman–Crippen MR) is 149 cm³/mol. The van der Waals surface area contributed by atoms with Crippen molar-refractivity contribution in [3.63, 3.8) is 0 Å². The second-order valence-electron chi connectivity index (χ2n) is 10.4. The van der Waals surface area contributed by atoms with Crippen molar-refractivity contribution >= 4 is 20.9 Å². The van der Waals surface area contributed by atoms with Crippen molar-refractivity contribution in [2.75, 3.05) is 6.54 Å². The summed E-state index contributed by atoms with van der Waals surface area (Å²) >= 11 is 0. The van der Waals surface area contributed by atoms with Gasteiger partial charge in [0.25, 0.3) is 0 Å². The maximum absolute atomic E-state index is 14.1. The molecule has 0 N–H and O–H groups in total. The molecule has 2 aliphatic rings. The number of aromatic nitrogens is 1. The summed E-state index contributed by atoms with van der Waals surface area (Å²) in [6.45, 7) is 3.15. The summed E-state index contributed by atoms with van der Waals surface area (Å²) in [6.07, 6.45) is 0.620. The van der Waals surface area contributed by atoms with Gasteiger partial charge in [0.05, 0.1) is 18.0 Å². The second kappa shape index (κ2) is 8.58. The van der Waals surface area contributed by atoms with E-state index in [-0.39, 0.29) is 13.1 Å². The molecule has 5 nitrogen and oxygen atoms in total. The number of rotatable bonds is 4. The van der Waals surface area contributed by atoms with E-state index in [0.717, 1.165) is 39.0 Å². The third kappa shape index (κ3) is 3.59. The molecule has 1 atom stereocenters. The Bertz CT molecular complexity index is 1750. The van der Waals surface area contributed by atoms with Gasteiger partial charge in [-0.3, -0.25) is 0 Å². The molecule has 0 bridgehead atoms. The van der Waals surface area contributed by atoms with E-state index in [0.29, 0.717) is 17.9 Å². The normalized spacial score (nSPS) is 18.9. The van der Waals surface area contributed by atoms with E-state index in [2.05, 4.69) is 41.0 Å². The molecular weight excluding hydrogens is 492 g/mol. The molecule has 5 aromatic rings. The van der Waals surface area contributed by atoms with Crippen LogP contribution in [0, 0.1) is 6.92 Å². The van der Waals surface area contributed by atoms with Crippen molar-refractivity contribution in [2.45, 2.75) is 36.9 Å². The van der Waals surface area contributed by atoms with Gasteiger partial charge in [0.15, 0.2) is 5.60 Å². The minimum Gasteiger partial charge on any atom is -0.480 e. The highest BCUT2D eigenvalue weighted by Crippen LogP contribution is 2.49. The highest BCUT2D eigenvalue weighted by atomic mass is 32.2. The summed E-state index contributed by atoms with van der Waals surface area (Å²) in [5.41, 5.74) is 5.68. The Kier molecular flexibility index (Phi) is 5.25. The summed E-state index contributed by atoms with van der Waals surface area (Å²) in [4.78, 5) is 0.308. The van der Waals surface area contributed by atoms with E-state index >= 15 is 0 Å². The first-order valence-electron chi connectivity index (χ1n) is 12.9.